The molecule has 0 aromatic rings. The van der Waals surface area contributed by atoms with Crippen LogP contribution < -0.4 is 0 Å². The highest BCUT2D eigenvalue weighted by molar-refractivity contribution is 6.24. The summed E-state index contributed by atoms with van der Waals surface area (Å²) in [5.74, 6) is -0.874. The van der Waals surface area contributed by atoms with Gasteiger partial charge in [0.25, 0.3) is 5.95 Å². The van der Waals surface area contributed by atoms with Crippen LogP contribution in [0.1, 0.15) is 20.8 Å². The number of ether oxygens (including phenoxy) is 2. The van der Waals surface area contributed by atoms with Gasteiger partial charge < -0.3 is 14.6 Å². The summed E-state index contributed by atoms with van der Waals surface area (Å²) in [5.41, 5.74) is -1.32. The lowest BCUT2D eigenvalue weighted by Gasteiger charge is -2.18. The lowest BCUT2D eigenvalue weighted by molar-refractivity contribution is -0.128. The van der Waals surface area contributed by atoms with Gasteiger partial charge >= 0.3 is 0 Å². The Balaban J connectivity index is 2.94. The van der Waals surface area contributed by atoms with Crippen molar-refractivity contribution >= 4 is 11.6 Å². The van der Waals surface area contributed by atoms with E-state index < -0.39 is 23.3 Å². The second-order valence-electron chi connectivity index (χ2n) is 4.45. The van der Waals surface area contributed by atoms with Gasteiger partial charge in [0, 0.05) is 0 Å². The SMILES string of the molecule is COC1=C(C(C)=O)C(=O)[C@](C)(/C=C/C=C/C(C)O)O1. The average molecular weight is 266 g/mol. The molecule has 5 nitrogen and oxygen atoms in total. The first kappa shape index (κ1) is 15.2. The van der Waals surface area contributed by atoms with Gasteiger partial charge in [0.1, 0.15) is 5.57 Å². The molecule has 0 amide bonds. The first-order valence-corrected chi connectivity index (χ1v) is 5.89. The lowest BCUT2D eigenvalue weighted by atomic mass is 9.95. The van der Waals surface area contributed by atoms with Crippen LogP contribution in [0.15, 0.2) is 35.8 Å². The molecule has 1 unspecified atom stereocenters. The van der Waals surface area contributed by atoms with E-state index in [2.05, 4.69) is 0 Å². The largest absolute Gasteiger partial charge is 0.468 e. The van der Waals surface area contributed by atoms with Crippen molar-refractivity contribution in [3.63, 3.8) is 0 Å². The Kier molecular flexibility index (Phi) is 4.67. The third-order valence-electron chi connectivity index (χ3n) is 2.64. The minimum absolute atomic E-state index is 0.0517. The molecule has 19 heavy (non-hydrogen) atoms. The number of methoxy groups -OCH3 is 1. The van der Waals surface area contributed by atoms with E-state index in [1.165, 1.54) is 20.1 Å². The van der Waals surface area contributed by atoms with Gasteiger partial charge in [-0.2, -0.15) is 0 Å². The number of Topliss-reactive ketones (excluding diaryl/α,β-unsaturated/α-hetero) is 2. The number of hydrogen-bond donors (Lipinski definition) is 1. The first-order valence-electron chi connectivity index (χ1n) is 5.89. The number of aliphatic hydroxyl groups is 1. The molecular weight excluding hydrogens is 248 g/mol. The van der Waals surface area contributed by atoms with Gasteiger partial charge in [-0.15, -0.1) is 0 Å². The highest BCUT2D eigenvalue weighted by Gasteiger charge is 2.46. The highest BCUT2D eigenvalue weighted by Crippen LogP contribution is 2.32. The van der Waals surface area contributed by atoms with Crippen LogP contribution in [0, 0.1) is 0 Å². The van der Waals surface area contributed by atoms with E-state index in [9.17, 15) is 9.59 Å². The fraction of sp³-hybridized carbons (Fsp3) is 0.429. The number of aliphatic hydroxyl groups excluding tert-OH is 1. The van der Waals surface area contributed by atoms with Crippen molar-refractivity contribution < 1.29 is 24.2 Å². The van der Waals surface area contributed by atoms with E-state index in [-0.39, 0.29) is 11.5 Å². The van der Waals surface area contributed by atoms with Gasteiger partial charge in [0.05, 0.1) is 13.2 Å². The normalized spacial score (nSPS) is 25.2. The Morgan fingerprint density at radius 3 is 2.53 bits per heavy atom. The molecule has 0 bridgehead atoms. The molecule has 104 valence electrons. The molecule has 2 atom stereocenters. The van der Waals surface area contributed by atoms with Crippen LogP contribution in [0.5, 0.6) is 0 Å². The fourth-order valence-corrected chi connectivity index (χ4v) is 1.65. The molecule has 0 spiro atoms. The minimum atomic E-state index is -1.25. The van der Waals surface area contributed by atoms with E-state index in [1.54, 1.807) is 32.1 Å². The summed E-state index contributed by atoms with van der Waals surface area (Å²) in [6, 6.07) is 0. The molecule has 0 saturated carbocycles. The lowest BCUT2D eigenvalue weighted by Crippen LogP contribution is -2.32. The van der Waals surface area contributed by atoms with Crippen molar-refractivity contribution in [3.8, 4) is 0 Å². The van der Waals surface area contributed by atoms with Crippen molar-refractivity contribution in [3.05, 3.63) is 35.8 Å². The third-order valence-corrected chi connectivity index (χ3v) is 2.64. The fourth-order valence-electron chi connectivity index (χ4n) is 1.65. The predicted octanol–water partition coefficient (Wildman–Crippen LogP) is 1.28. The summed E-state index contributed by atoms with van der Waals surface area (Å²) in [6.07, 6.45) is 5.68. The van der Waals surface area contributed by atoms with Crippen LogP contribution in [-0.2, 0) is 19.1 Å². The van der Waals surface area contributed by atoms with Gasteiger partial charge in [-0.3, -0.25) is 9.59 Å². The average Bonchev–Trinajstić information content (AvgIpc) is 2.58. The molecule has 5 heteroatoms. The van der Waals surface area contributed by atoms with Crippen LogP contribution >= 0.6 is 0 Å². The van der Waals surface area contributed by atoms with Gasteiger partial charge in [-0.05, 0) is 26.8 Å². The molecule has 1 rings (SSSR count). The van der Waals surface area contributed by atoms with Crippen LogP contribution in [0.25, 0.3) is 0 Å². The second kappa shape index (κ2) is 5.84. The molecule has 0 saturated heterocycles. The first-order chi connectivity index (χ1) is 8.81. The maximum atomic E-state index is 12.2. The molecule has 1 aliphatic heterocycles. The Hall–Kier alpha value is -1.88. The van der Waals surface area contributed by atoms with Crippen LogP contribution in [0.2, 0.25) is 0 Å². The molecule has 1 aliphatic rings. The Labute approximate surface area is 112 Å². The maximum absolute atomic E-state index is 12.2. The molecule has 0 radical (unpaired) electrons. The molecule has 0 aliphatic carbocycles. The summed E-state index contributed by atoms with van der Waals surface area (Å²) < 4.78 is 10.3. The molecule has 0 aromatic carbocycles. The summed E-state index contributed by atoms with van der Waals surface area (Å²) in [6.45, 7) is 4.46. The van der Waals surface area contributed by atoms with E-state index in [0.29, 0.717) is 0 Å². The summed E-state index contributed by atoms with van der Waals surface area (Å²) in [5, 5.41) is 9.06. The number of hydrogen-bond acceptors (Lipinski definition) is 5. The number of allylic oxidation sites excluding steroid dienone is 2. The number of ketones is 2. The van der Waals surface area contributed by atoms with Crippen molar-refractivity contribution in [2.45, 2.75) is 32.5 Å². The van der Waals surface area contributed by atoms with E-state index in [1.807, 2.05) is 0 Å². The smallest absolute Gasteiger partial charge is 0.295 e. The van der Waals surface area contributed by atoms with Crippen molar-refractivity contribution in [2.75, 3.05) is 7.11 Å². The number of carbonyl (C=O) groups excluding carboxylic acids is 2. The minimum Gasteiger partial charge on any atom is -0.468 e. The van der Waals surface area contributed by atoms with Crippen LogP contribution in [0.3, 0.4) is 0 Å². The third kappa shape index (κ3) is 3.32. The maximum Gasteiger partial charge on any atom is 0.295 e. The van der Waals surface area contributed by atoms with Gasteiger partial charge in [-0.1, -0.05) is 18.2 Å². The quantitative estimate of drug-likeness (QED) is 0.599. The summed E-state index contributed by atoms with van der Waals surface area (Å²) in [4.78, 5) is 23.6. The van der Waals surface area contributed by atoms with E-state index >= 15 is 0 Å². The zero-order valence-electron chi connectivity index (χ0n) is 11.5. The molecule has 0 fully saturated rings. The Bertz CT molecular complexity index is 470. The van der Waals surface area contributed by atoms with Gasteiger partial charge in [0.15, 0.2) is 11.4 Å². The standard InChI is InChI=1S/C14H18O5/c1-9(15)7-5-6-8-14(3)12(17)11(10(2)16)13(18-4)19-14/h5-9,15H,1-4H3/b7-5+,8-6+/t9?,14-/m0/s1. The topological polar surface area (TPSA) is 72.8 Å². The van der Waals surface area contributed by atoms with E-state index in [4.69, 9.17) is 14.6 Å². The zero-order valence-corrected chi connectivity index (χ0v) is 11.5. The molecule has 1 heterocycles. The van der Waals surface area contributed by atoms with E-state index in [0.717, 1.165) is 0 Å². The van der Waals surface area contributed by atoms with Crippen molar-refractivity contribution in [2.24, 2.45) is 0 Å². The van der Waals surface area contributed by atoms with Crippen LogP contribution in [-0.4, -0.2) is 35.5 Å². The summed E-state index contributed by atoms with van der Waals surface area (Å²) >= 11 is 0. The summed E-state index contributed by atoms with van der Waals surface area (Å²) in [7, 11) is 1.34. The Morgan fingerprint density at radius 2 is 2.11 bits per heavy atom. The van der Waals surface area contributed by atoms with Gasteiger partial charge in [0.2, 0.25) is 5.78 Å². The number of carbonyl (C=O) groups is 2. The predicted molar refractivity (Wildman–Crippen MR) is 69.2 cm³/mol. The zero-order chi connectivity index (χ0) is 14.6. The second-order valence-corrected chi connectivity index (χ2v) is 4.45. The number of rotatable bonds is 5. The Morgan fingerprint density at radius 1 is 1.47 bits per heavy atom. The van der Waals surface area contributed by atoms with Crippen molar-refractivity contribution in [1.82, 2.24) is 0 Å². The van der Waals surface area contributed by atoms with Gasteiger partial charge in [-0.25, -0.2) is 0 Å². The molecular formula is C14H18O5. The highest BCUT2D eigenvalue weighted by atomic mass is 16.7. The van der Waals surface area contributed by atoms with Crippen molar-refractivity contribution in [1.29, 1.82) is 0 Å². The monoisotopic (exact) mass is 266 g/mol. The molecule has 1 N–H and O–H groups in total. The van der Waals surface area contributed by atoms with Crippen LogP contribution in [0.4, 0.5) is 0 Å². The molecule has 0 aromatic heterocycles.